The second-order valence-electron chi connectivity index (χ2n) is 4.55. The normalized spacial score (nSPS) is 16.0. The number of aliphatic hydroxyl groups is 1. The summed E-state index contributed by atoms with van der Waals surface area (Å²) in [7, 11) is 0. The summed E-state index contributed by atoms with van der Waals surface area (Å²) in [5.74, 6) is 0.600. The monoisotopic (exact) mass is 262 g/mol. The fourth-order valence-electron chi connectivity index (χ4n) is 1.70. The summed E-state index contributed by atoms with van der Waals surface area (Å²) in [5.41, 5.74) is 12.8. The second kappa shape index (κ2) is 5.92. The minimum atomic E-state index is -0.740. The number of hydrogen-bond donors (Lipinski definition) is 3. The zero-order valence-electron chi connectivity index (χ0n) is 10.7. The van der Waals surface area contributed by atoms with E-state index in [9.17, 15) is 5.11 Å². The summed E-state index contributed by atoms with van der Waals surface area (Å²) in [5, 5.41) is 13.1. The van der Waals surface area contributed by atoms with Gasteiger partial charge in [0.15, 0.2) is 5.82 Å². The third-order valence-corrected chi connectivity index (χ3v) is 2.89. The van der Waals surface area contributed by atoms with Crippen molar-refractivity contribution in [3.63, 3.8) is 0 Å². The van der Waals surface area contributed by atoms with Crippen LogP contribution in [0.2, 0.25) is 0 Å². The van der Waals surface area contributed by atoms with Crippen molar-refractivity contribution in [2.24, 2.45) is 11.5 Å². The predicted molar refractivity (Wildman–Crippen MR) is 70.0 cm³/mol. The van der Waals surface area contributed by atoms with Crippen molar-refractivity contribution < 1.29 is 9.63 Å². The maximum atomic E-state index is 9.38. The van der Waals surface area contributed by atoms with Crippen LogP contribution in [0.4, 0.5) is 0 Å². The Hall–Kier alpha value is -1.76. The molecule has 2 aromatic rings. The highest BCUT2D eigenvalue weighted by atomic mass is 16.5. The van der Waals surface area contributed by atoms with Crippen LogP contribution >= 0.6 is 0 Å². The molecule has 2 rings (SSSR count). The summed E-state index contributed by atoms with van der Waals surface area (Å²) in [6.07, 6.45) is -0.136. The van der Waals surface area contributed by atoms with Gasteiger partial charge in [-0.2, -0.15) is 4.98 Å². The molecule has 0 amide bonds. The quantitative estimate of drug-likeness (QED) is 0.731. The van der Waals surface area contributed by atoms with Crippen LogP contribution in [0.5, 0.6) is 0 Å². The smallest absolute Gasteiger partial charge is 0.243 e. The van der Waals surface area contributed by atoms with E-state index < -0.39 is 12.1 Å². The Morgan fingerprint density at radius 2 is 1.95 bits per heavy atom. The molecular formula is C13H18N4O2. The lowest BCUT2D eigenvalue weighted by Crippen LogP contribution is -2.24. The van der Waals surface area contributed by atoms with E-state index in [1.54, 1.807) is 6.92 Å². The first-order valence-corrected chi connectivity index (χ1v) is 6.14. The van der Waals surface area contributed by atoms with Crippen LogP contribution in [0.15, 0.2) is 34.9 Å². The molecule has 0 aliphatic carbocycles. The van der Waals surface area contributed by atoms with E-state index in [1.165, 1.54) is 0 Å². The summed E-state index contributed by atoms with van der Waals surface area (Å²) in [6.45, 7) is 1.57. The molecule has 1 unspecified atom stereocenters. The highest BCUT2D eigenvalue weighted by Gasteiger charge is 2.21. The lowest BCUT2D eigenvalue weighted by atomic mass is 10.1. The van der Waals surface area contributed by atoms with Gasteiger partial charge in [-0.15, -0.1) is 0 Å². The van der Waals surface area contributed by atoms with E-state index >= 15 is 0 Å². The van der Waals surface area contributed by atoms with Gasteiger partial charge in [0.1, 0.15) is 0 Å². The van der Waals surface area contributed by atoms with Gasteiger partial charge in [-0.25, -0.2) is 0 Å². The first-order valence-electron chi connectivity index (χ1n) is 6.14. The molecule has 0 radical (unpaired) electrons. The zero-order valence-corrected chi connectivity index (χ0v) is 10.7. The van der Waals surface area contributed by atoms with Gasteiger partial charge in [-0.3, -0.25) is 0 Å². The van der Waals surface area contributed by atoms with E-state index in [2.05, 4.69) is 10.1 Å². The molecule has 1 aromatic carbocycles. The lowest BCUT2D eigenvalue weighted by molar-refractivity contribution is 0.159. The third kappa shape index (κ3) is 3.37. The van der Waals surface area contributed by atoms with Gasteiger partial charge in [0, 0.05) is 0 Å². The molecule has 5 N–H and O–H groups in total. The Kier molecular flexibility index (Phi) is 4.26. The van der Waals surface area contributed by atoms with Crippen molar-refractivity contribution in [1.82, 2.24) is 10.1 Å². The minimum absolute atomic E-state index is 0.272. The average Bonchev–Trinajstić information content (AvgIpc) is 2.88. The highest BCUT2D eigenvalue weighted by Crippen LogP contribution is 2.17. The van der Waals surface area contributed by atoms with Crippen LogP contribution in [-0.4, -0.2) is 21.4 Å². The maximum Gasteiger partial charge on any atom is 0.243 e. The lowest BCUT2D eigenvalue weighted by Gasteiger charge is -2.09. The molecular weight excluding hydrogens is 244 g/mol. The predicted octanol–water partition coefficient (Wildman–Crippen LogP) is 0.693. The molecule has 1 aromatic heterocycles. The third-order valence-electron chi connectivity index (χ3n) is 2.89. The molecule has 0 spiro atoms. The van der Waals surface area contributed by atoms with E-state index in [1.807, 2.05) is 30.3 Å². The summed E-state index contributed by atoms with van der Waals surface area (Å²) < 4.78 is 5.09. The van der Waals surface area contributed by atoms with Gasteiger partial charge in [-0.05, 0) is 18.9 Å². The summed E-state index contributed by atoms with van der Waals surface area (Å²) in [6, 6.07) is 8.76. The van der Waals surface area contributed by atoms with Gasteiger partial charge in [0.25, 0.3) is 0 Å². The standard InChI is InChI=1S/C13H18N4O2/c1-8(18)11(15)12-16-13(19-17-12)10(14)7-9-5-3-2-4-6-9/h2-6,8,10-11,18H,7,14-15H2,1H3/t8?,10-,11-/m0/s1. The van der Waals surface area contributed by atoms with Crippen molar-refractivity contribution in [3.05, 3.63) is 47.6 Å². The first kappa shape index (κ1) is 13.7. The molecule has 0 aliphatic heterocycles. The topological polar surface area (TPSA) is 111 Å². The molecule has 6 heteroatoms. The van der Waals surface area contributed by atoms with E-state index in [0.717, 1.165) is 5.56 Å². The van der Waals surface area contributed by atoms with Crippen LogP contribution in [0.1, 0.15) is 36.3 Å². The number of nitrogens with zero attached hydrogens (tertiary/aromatic N) is 2. The number of aliphatic hydroxyl groups excluding tert-OH is 1. The van der Waals surface area contributed by atoms with E-state index in [-0.39, 0.29) is 11.9 Å². The number of benzene rings is 1. The Labute approximate surface area is 111 Å². The van der Waals surface area contributed by atoms with E-state index in [4.69, 9.17) is 16.0 Å². The number of nitrogens with two attached hydrogens (primary N) is 2. The Bertz CT molecular complexity index is 512. The van der Waals surface area contributed by atoms with Crippen LogP contribution in [0.3, 0.4) is 0 Å². The Balaban J connectivity index is 2.06. The highest BCUT2D eigenvalue weighted by molar-refractivity contribution is 5.16. The summed E-state index contributed by atoms with van der Waals surface area (Å²) in [4.78, 5) is 4.14. The largest absolute Gasteiger partial charge is 0.391 e. The fourth-order valence-corrected chi connectivity index (χ4v) is 1.70. The Morgan fingerprint density at radius 1 is 1.26 bits per heavy atom. The Morgan fingerprint density at radius 3 is 2.58 bits per heavy atom. The van der Waals surface area contributed by atoms with Gasteiger partial charge in [0.05, 0.1) is 18.2 Å². The first-order chi connectivity index (χ1) is 9.08. The molecule has 3 atom stereocenters. The molecule has 1 heterocycles. The van der Waals surface area contributed by atoms with E-state index in [0.29, 0.717) is 12.3 Å². The van der Waals surface area contributed by atoms with Crippen molar-refractivity contribution >= 4 is 0 Å². The van der Waals surface area contributed by atoms with Gasteiger partial charge in [0.2, 0.25) is 5.89 Å². The number of hydrogen-bond acceptors (Lipinski definition) is 6. The number of rotatable bonds is 5. The van der Waals surface area contributed by atoms with Crippen molar-refractivity contribution in [1.29, 1.82) is 0 Å². The molecule has 0 bridgehead atoms. The van der Waals surface area contributed by atoms with Crippen molar-refractivity contribution in [3.8, 4) is 0 Å². The van der Waals surface area contributed by atoms with Gasteiger partial charge >= 0.3 is 0 Å². The van der Waals surface area contributed by atoms with Crippen LogP contribution in [0.25, 0.3) is 0 Å². The SMILES string of the molecule is CC(O)[C@H](N)c1noc([C@@H](N)Cc2ccccc2)n1. The number of aromatic nitrogens is 2. The molecule has 0 fully saturated rings. The maximum absolute atomic E-state index is 9.38. The van der Waals surface area contributed by atoms with Crippen LogP contribution in [0, 0.1) is 0 Å². The molecule has 102 valence electrons. The zero-order chi connectivity index (χ0) is 13.8. The van der Waals surface area contributed by atoms with Crippen molar-refractivity contribution in [2.45, 2.75) is 31.5 Å². The minimum Gasteiger partial charge on any atom is -0.391 e. The second-order valence-corrected chi connectivity index (χ2v) is 4.55. The molecule has 0 saturated heterocycles. The van der Waals surface area contributed by atoms with Gasteiger partial charge < -0.3 is 21.1 Å². The molecule has 0 saturated carbocycles. The summed E-state index contributed by atoms with van der Waals surface area (Å²) >= 11 is 0. The van der Waals surface area contributed by atoms with Gasteiger partial charge in [-0.1, -0.05) is 35.5 Å². The average molecular weight is 262 g/mol. The van der Waals surface area contributed by atoms with Crippen molar-refractivity contribution in [2.75, 3.05) is 0 Å². The molecule has 19 heavy (non-hydrogen) atoms. The molecule has 0 aliphatic rings. The fraction of sp³-hybridized carbons (Fsp3) is 0.385. The van der Waals surface area contributed by atoms with Crippen LogP contribution in [-0.2, 0) is 6.42 Å². The van der Waals surface area contributed by atoms with Crippen LogP contribution < -0.4 is 11.5 Å². The molecule has 6 nitrogen and oxygen atoms in total.